The maximum Gasteiger partial charge on any atom is 0.254 e. The number of sulfonamides is 1. The van der Waals surface area contributed by atoms with Gasteiger partial charge in [-0.25, -0.2) is 8.42 Å². The second-order valence-electron chi connectivity index (χ2n) is 8.19. The minimum atomic E-state index is -3.58. The molecule has 0 aromatic heterocycles. The lowest BCUT2D eigenvalue weighted by atomic mass is 9.99. The predicted octanol–water partition coefficient (Wildman–Crippen LogP) is 4.40. The molecule has 6 heteroatoms. The third-order valence-corrected chi connectivity index (χ3v) is 7.92. The van der Waals surface area contributed by atoms with E-state index in [0.29, 0.717) is 30.1 Å². The lowest BCUT2D eigenvalue weighted by Crippen LogP contribution is -2.36. The Morgan fingerprint density at radius 2 is 1.59 bits per heavy atom. The van der Waals surface area contributed by atoms with E-state index in [4.69, 9.17) is 0 Å². The molecule has 32 heavy (non-hydrogen) atoms. The molecule has 5 nitrogen and oxygen atoms in total. The number of carbonyl (C=O) groups excluding carboxylic acids is 1. The van der Waals surface area contributed by atoms with Crippen molar-refractivity contribution in [2.24, 2.45) is 0 Å². The van der Waals surface area contributed by atoms with Crippen molar-refractivity contribution in [1.82, 2.24) is 9.21 Å². The van der Waals surface area contributed by atoms with Crippen LogP contribution in [0.4, 0.5) is 0 Å². The van der Waals surface area contributed by atoms with E-state index >= 15 is 0 Å². The van der Waals surface area contributed by atoms with Crippen LogP contribution in [0.2, 0.25) is 0 Å². The summed E-state index contributed by atoms with van der Waals surface area (Å²) in [7, 11) is -3.58. The highest BCUT2D eigenvalue weighted by molar-refractivity contribution is 7.89. The maximum atomic E-state index is 13.0. The Bertz CT molecular complexity index is 1200. The fraction of sp³-hybridized carbons (Fsp3) is 0.269. The molecule has 1 aliphatic rings. The Morgan fingerprint density at radius 3 is 2.25 bits per heavy atom. The summed E-state index contributed by atoms with van der Waals surface area (Å²) in [5.41, 5.74) is 5.00. The number of nitrogens with zero attached hydrogens (tertiary/aromatic N) is 2. The van der Waals surface area contributed by atoms with Gasteiger partial charge >= 0.3 is 0 Å². The molecule has 1 aliphatic heterocycles. The van der Waals surface area contributed by atoms with Gasteiger partial charge in [-0.1, -0.05) is 61.0 Å². The number of amides is 1. The quantitative estimate of drug-likeness (QED) is 0.561. The van der Waals surface area contributed by atoms with Gasteiger partial charge in [-0.3, -0.25) is 4.79 Å². The molecule has 0 unspecified atom stereocenters. The van der Waals surface area contributed by atoms with Gasteiger partial charge in [0.2, 0.25) is 10.0 Å². The van der Waals surface area contributed by atoms with Crippen molar-refractivity contribution in [3.63, 3.8) is 0 Å². The van der Waals surface area contributed by atoms with Crippen molar-refractivity contribution in [2.45, 2.75) is 38.3 Å². The van der Waals surface area contributed by atoms with Gasteiger partial charge in [-0.15, -0.1) is 0 Å². The first-order chi connectivity index (χ1) is 15.4. The normalized spacial score (nSPS) is 13.8. The fourth-order valence-corrected chi connectivity index (χ4v) is 5.47. The molecule has 0 atom stereocenters. The van der Waals surface area contributed by atoms with Gasteiger partial charge in [0.25, 0.3) is 5.91 Å². The Labute approximate surface area is 190 Å². The van der Waals surface area contributed by atoms with Crippen molar-refractivity contribution in [1.29, 1.82) is 0 Å². The van der Waals surface area contributed by atoms with Gasteiger partial charge < -0.3 is 4.90 Å². The van der Waals surface area contributed by atoms with E-state index in [1.165, 1.54) is 15.4 Å². The van der Waals surface area contributed by atoms with Crippen LogP contribution < -0.4 is 0 Å². The summed E-state index contributed by atoms with van der Waals surface area (Å²) in [4.78, 5) is 15.2. The molecule has 3 aromatic rings. The van der Waals surface area contributed by atoms with E-state index in [1.54, 1.807) is 36.4 Å². The summed E-state index contributed by atoms with van der Waals surface area (Å²) < 4.78 is 27.5. The first-order valence-corrected chi connectivity index (χ1v) is 12.3. The largest absolute Gasteiger partial charge is 0.334 e. The van der Waals surface area contributed by atoms with E-state index in [-0.39, 0.29) is 12.5 Å². The highest BCUT2D eigenvalue weighted by atomic mass is 32.2. The van der Waals surface area contributed by atoms with Crippen LogP contribution in [0, 0.1) is 6.92 Å². The van der Waals surface area contributed by atoms with Crippen LogP contribution in [0.5, 0.6) is 0 Å². The van der Waals surface area contributed by atoms with E-state index in [1.807, 2.05) is 43.0 Å². The molecule has 0 saturated carbocycles. The maximum absolute atomic E-state index is 13.0. The van der Waals surface area contributed by atoms with Gasteiger partial charge in [0.05, 0.1) is 4.90 Å². The van der Waals surface area contributed by atoms with Crippen molar-refractivity contribution >= 4 is 15.9 Å². The second kappa shape index (κ2) is 9.27. The number of aryl methyl sites for hydroxylation is 1. The van der Waals surface area contributed by atoms with E-state index in [2.05, 4.69) is 12.1 Å². The standard InChI is InChI=1S/C26H28N2O3S/c1-3-28(32(30,31)25-14-8-20(2)9-15-25)18-21-10-12-23(13-11-21)26(29)27-17-16-22-6-4-5-7-24(22)19-27/h4-15H,3,16-19H2,1-2H3. The summed E-state index contributed by atoms with van der Waals surface area (Å²) in [5, 5.41) is 0. The lowest BCUT2D eigenvalue weighted by molar-refractivity contribution is 0.0734. The molecule has 3 aromatic carbocycles. The van der Waals surface area contributed by atoms with Gasteiger partial charge in [0.1, 0.15) is 0 Å². The highest BCUT2D eigenvalue weighted by Crippen LogP contribution is 2.22. The fourth-order valence-electron chi connectivity index (χ4n) is 4.03. The zero-order chi connectivity index (χ0) is 22.7. The van der Waals surface area contributed by atoms with E-state index in [9.17, 15) is 13.2 Å². The summed E-state index contributed by atoms with van der Waals surface area (Å²) >= 11 is 0. The van der Waals surface area contributed by atoms with Crippen LogP contribution in [0.1, 0.15) is 39.5 Å². The number of benzene rings is 3. The van der Waals surface area contributed by atoms with Gasteiger partial charge in [-0.2, -0.15) is 4.31 Å². The van der Waals surface area contributed by atoms with Crippen LogP contribution in [0.25, 0.3) is 0 Å². The zero-order valence-electron chi connectivity index (χ0n) is 18.5. The summed E-state index contributed by atoms with van der Waals surface area (Å²) in [6, 6.07) is 22.4. The van der Waals surface area contributed by atoms with E-state index < -0.39 is 10.0 Å². The average molecular weight is 449 g/mol. The smallest absolute Gasteiger partial charge is 0.254 e. The molecule has 166 valence electrons. The molecule has 0 N–H and O–H groups in total. The van der Waals surface area contributed by atoms with E-state index in [0.717, 1.165) is 17.5 Å². The Balaban J connectivity index is 1.46. The topological polar surface area (TPSA) is 57.7 Å². The zero-order valence-corrected chi connectivity index (χ0v) is 19.3. The van der Waals surface area contributed by atoms with Crippen molar-refractivity contribution in [2.75, 3.05) is 13.1 Å². The van der Waals surface area contributed by atoms with Gasteiger partial charge in [-0.05, 0) is 54.3 Å². The third kappa shape index (κ3) is 4.61. The highest BCUT2D eigenvalue weighted by Gasteiger charge is 2.24. The molecule has 0 bridgehead atoms. The second-order valence-corrected chi connectivity index (χ2v) is 10.1. The molecule has 0 saturated heterocycles. The number of carbonyl (C=O) groups is 1. The van der Waals surface area contributed by atoms with Crippen LogP contribution >= 0.6 is 0 Å². The summed E-state index contributed by atoms with van der Waals surface area (Å²) in [5.74, 6) is 0.00526. The predicted molar refractivity (Wildman–Crippen MR) is 126 cm³/mol. The Hall–Kier alpha value is -2.96. The number of hydrogen-bond acceptors (Lipinski definition) is 3. The molecule has 0 spiro atoms. The number of hydrogen-bond donors (Lipinski definition) is 0. The first kappa shape index (κ1) is 22.2. The molecule has 0 aliphatic carbocycles. The monoisotopic (exact) mass is 448 g/mol. The molecular weight excluding hydrogens is 420 g/mol. The van der Waals surface area contributed by atoms with Crippen LogP contribution in [-0.2, 0) is 29.5 Å². The van der Waals surface area contributed by atoms with Gasteiger partial charge in [0, 0.05) is 31.7 Å². The first-order valence-electron chi connectivity index (χ1n) is 10.9. The molecule has 0 fully saturated rings. The van der Waals surface area contributed by atoms with Crippen molar-refractivity contribution in [3.05, 3.63) is 101 Å². The summed E-state index contributed by atoms with van der Waals surface area (Å²) in [6.07, 6.45) is 0.863. The molecule has 4 rings (SSSR count). The lowest BCUT2D eigenvalue weighted by Gasteiger charge is -2.29. The van der Waals surface area contributed by atoms with Crippen molar-refractivity contribution < 1.29 is 13.2 Å². The molecule has 1 heterocycles. The SMILES string of the molecule is CCN(Cc1ccc(C(=O)N2CCc3ccccc3C2)cc1)S(=O)(=O)c1ccc(C)cc1. The molecular formula is C26H28N2O3S. The Morgan fingerprint density at radius 1 is 0.938 bits per heavy atom. The van der Waals surface area contributed by atoms with Crippen molar-refractivity contribution in [3.8, 4) is 0 Å². The molecule has 0 radical (unpaired) electrons. The minimum absolute atomic E-state index is 0.00526. The Kier molecular flexibility index (Phi) is 6.44. The number of rotatable bonds is 6. The van der Waals surface area contributed by atoms with Crippen LogP contribution in [-0.4, -0.2) is 36.6 Å². The van der Waals surface area contributed by atoms with Gasteiger partial charge in [0.15, 0.2) is 0 Å². The molecule has 1 amide bonds. The average Bonchev–Trinajstić information content (AvgIpc) is 2.82. The minimum Gasteiger partial charge on any atom is -0.334 e. The summed E-state index contributed by atoms with van der Waals surface area (Å²) in [6.45, 7) is 5.71. The third-order valence-electron chi connectivity index (χ3n) is 5.99. The van der Waals surface area contributed by atoms with Crippen LogP contribution in [0.3, 0.4) is 0 Å². The number of fused-ring (bicyclic) bond motifs is 1. The van der Waals surface area contributed by atoms with Crippen LogP contribution in [0.15, 0.2) is 77.7 Å².